The number of amides is 2. The number of hydrogen-bond acceptors (Lipinski definition) is 5. The van der Waals surface area contributed by atoms with Crippen LogP contribution in [0.3, 0.4) is 0 Å². The van der Waals surface area contributed by atoms with Crippen LogP contribution in [-0.2, 0) is 4.79 Å². The highest BCUT2D eigenvalue weighted by Gasteiger charge is 2.42. The number of nitrogens with zero attached hydrogens (tertiary/aromatic N) is 4. The quantitative estimate of drug-likeness (QED) is 0.592. The van der Waals surface area contributed by atoms with Gasteiger partial charge in [0.05, 0.1) is 5.92 Å². The molecule has 2 fully saturated rings. The van der Waals surface area contributed by atoms with E-state index < -0.39 is 0 Å². The van der Waals surface area contributed by atoms with Crippen LogP contribution >= 0.6 is 11.3 Å². The van der Waals surface area contributed by atoms with E-state index >= 15 is 0 Å². The van der Waals surface area contributed by atoms with E-state index in [1.807, 2.05) is 46.4 Å². The van der Waals surface area contributed by atoms with Crippen molar-refractivity contribution in [3.8, 4) is 11.1 Å². The Morgan fingerprint density at radius 1 is 1.06 bits per heavy atom. The standard InChI is InChI=1S/C26H28N4O2S/c1-18-6-3-4-9-22(18)20-7-5-8-21(16-20)30-17-23(19(2)25(30)31)28-11-13-29(14-12-28)26(32)24-27-10-15-33-24/h3-10,15-16,19,23H,11-14,17H2,1-2H3. The van der Waals surface area contributed by atoms with Crippen LogP contribution in [0.25, 0.3) is 11.1 Å². The van der Waals surface area contributed by atoms with Gasteiger partial charge in [0.15, 0.2) is 5.01 Å². The predicted octanol–water partition coefficient (Wildman–Crippen LogP) is 3.93. The van der Waals surface area contributed by atoms with E-state index in [2.05, 4.69) is 41.1 Å². The van der Waals surface area contributed by atoms with Gasteiger partial charge in [0.2, 0.25) is 5.91 Å². The summed E-state index contributed by atoms with van der Waals surface area (Å²) >= 11 is 1.38. The molecule has 0 saturated carbocycles. The molecule has 2 unspecified atom stereocenters. The molecule has 2 atom stereocenters. The maximum atomic E-state index is 13.2. The average molecular weight is 461 g/mol. The van der Waals surface area contributed by atoms with Gasteiger partial charge in [-0.1, -0.05) is 43.3 Å². The second-order valence-corrected chi connectivity index (χ2v) is 9.73. The lowest BCUT2D eigenvalue weighted by Crippen LogP contribution is -2.53. The van der Waals surface area contributed by atoms with Crippen LogP contribution in [-0.4, -0.2) is 65.4 Å². The lowest BCUT2D eigenvalue weighted by molar-refractivity contribution is -0.120. The summed E-state index contributed by atoms with van der Waals surface area (Å²) in [7, 11) is 0. The molecule has 170 valence electrons. The lowest BCUT2D eigenvalue weighted by atomic mass is 10.00. The summed E-state index contributed by atoms with van der Waals surface area (Å²) < 4.78 is 0. The molecule has 6 nitrogen and oxygen atoms in total. The van der Waals surface area contributed by atoms with Crippen LogP contribution in [0, 0.1) is 12.8 Å². The number of hydrogen-bond donors (Lipinski definition) is 0. The Morgan fingerprint density at radius 3 is 2.58 bits per heavy atom. The van der Waals surface area contributed by atoms with Crippen LogP contribution in [0.1, 0.15) is 22.3 Å². The van der Waals surface area contributed by atoms with Crippen LogP contribution in [0.5, 0.6) is 0 Å². The zero-order chi connectivity index (χ0) is 22.9. The summed E-state index contributed by atoms with van der Waals surface area (Å²) in [4.78, 5) is 36.2. The number of anilines is 1. The van der Waals surface area contributed by atoms with Gasteiger partial charge in [-0.15, -0.1) is 11.3 Å². The smallest absolute Gasteiger partial charge is 0.282 e. The molecule has 2 aliphatic rings. The minimum atomic E-state index is -0.0756. The lowest BCUT2D eigenvalue weighted by Gasteiger charge is -2.38. The fraction of sp³-hybridized carbons (Fsp3) is 0.346. The van der Waals surface area contributed by atoms with Crippen molar-refractivity contribution in [2.24, 2.45) is 5.92 Å². The van der Waals surface area contributed by atoms with Gasteiger partial charge < -0.3 is 9.80 Å². The molecule has 2 amide bonds. The Bertz CT molecular complexity index is 1150. The second kappa shape index (κ2) is 9.08. The van der Waals surface area contributed by atoms with Gasteiger partial charge in [-0.25, -0.2) is 4.98 Å². The van der Waals surface area contributed by atoms with Crippen LogP contribution in [0.2, 0.25) is 0 Å². The fourth-order valence-electron chi connectivity index (χ4n) is 4.97. The third kappa shape index (κ3) is 4.18. The summed E-state index contributed by atoms with van der Waals surface area (Å²) in [6.07, 6.45) is 1.67. The number of piperazine rings is 1. The first-order valence-corrected chi connectivity index (χ1v) is 12.3. The molecule has 3 heterocycles. The zero-order valence-electron chi connectivity index (χ0n) is 19.0. The average Bonchev–Trinajstić information content (AvgIpc) is 3.48. The van der Waals surface area contributed by atoms with E-state index in [9.17, 15) is 9.59 Å². The van der Waals surface area contributed by atoms with Crippen molar-refractivity contribution in [1.29, 1.82) is 0 Å². The molecule has 0 N–H and O–H groups in total. The van der Waals surface area contributed by atoms with E-state index in [1.165, 1.54) is 22.5 Å². The molecule has 0 radical (unpaired) electrons. The number of thiazole rings is 1. The van der Waals surface area contributed by atoms with Crippen molar-refractivity contribution in [3.63, 3.8) is 0 Å². The van der Waals surface area contributed by atoms with E-state index in [1.54, 1.807) is 6.20 Å². The third-order valence-electron chi connectivity index (χ3n) is 6.90. The van der Waals surface area contributed by atoms with Gasteiger partial charge >= 0.3 is 0 Å². The molecule has 2 aliphatic heterocycles. The molecule has 0 aliphatic carbocycles. The molecule has 33 heavy (non-hydrogen) atoms. The summed E-state index contributed by atoms with van der Waals surface area (Å²) in [6.45, 7) is 7.70. The molecule has 1 aromatic heterocycles. The number of rotatable bonds is 4. The Kier molecular flexibility index (Phi) is 6.00. The first-order chi connectivity index (χ1) is 16.0. The highest BCUT2D eigenvalue weighted by molar-refractivity contribution is 7.11. The summed E-state index contributed by atoms with van der Waals surface area (Å²) in [5.74, 6) is 0.103. The Labute approximate surface area is 198 Å². The fourth-order valence-corrected chi connectivity index (χ4v) is 5.57. The number of carbonyl (C=O) groups excluding carboxylic acids is 2. The van der Waals surface area contributed by atoms with Crippen LogP contribution in [0.15, 0.2) is 60.1 Å². The predicted molar refractivity (Wildman–Crippen MR) is 132 cm³/mol. The number of aromatic nitrogens is 1. The van der Waals surface area contributed by atoms with Crippen LogP contribution in [0.4, 0.5) is 5.69 Å². The first-order valence-electron chi connectivity index (χ1n) is 11.4. The number of carbonyl (C=O) groups is 2. The summed E-state index contributed by atoms with van der Waals surface area (Å²) in [6, 6.07) is 16.8. The van der Waals surface area contributed by atoms with Crippen molar-refractivity contribution in [2.45, 2.75) is 19.9 Å². The van der Waals surface area contributed by atoms with Crippen molar-refractivity contribution < 1.29 is 9.59 Å². The summed E-state index contributed by atoms with van der Waals surface area (Å²) in [5.41, 5.74) is 4.49. The van der Waals surface area contributed by atoms with Gasteiger partial charge in [-0.05, 0) is 35.7 Å². The van der Waals surface area contributed by atoms with Gasteiger partial charge in [-0.2, -0.15) is 0 Å². The number of benzene rings is 2. The Balaban J connectivity index is 1.29. The highest BCUT2D eigenvalue weighted by Crippen LogP contribution is 2.32. The summed E-state index contributed by atoms with van der Waals surface area (Å²) in [5, 5.41) is 2.38. The highest BCUT2D eigenvalue weighted by atomic mass is 32.1. The molecule has 0 spiro atoms. The molecule has 2 aromatic carbocycles. The molecule has 3 aromatic rings. The van der Waals surface area contributed by atoms with E-state index in [0.717, 1.165) is 24.3 Å². The van der Waals surface area contributed by atoms with Gasteiger partial charge in [-0.3, -0.25) is 14.5 Å². The van der Waals surface area contributed by atoms with Crippen molar-refractivity contribution in [1.82, 2.24) is 14.8 Å². The monoisotopic (exact) mass is 460 g/mol. The Morgan fingerprint density at radius 2 is 1.85 bits per heavy atom. The molecular formula is C26H28N4O2S. The topological polar surface area (TPSA) is 56.8 Å². The first kappa shape index (κ1) is 21.8. The minimum Gasteiger partial charge on any atom is -0.334 e. The van der Waals surface area contributed by atoms with Gasteiger partial charge in [0.25, 0.3) is 5.91 Å². The van der Waals surface area contributed by atoms with Gasteiger partial charge in [0, 0.05) is 56.0 Å². The zero-order valence-corrected chi connectivity index (χ0v) is 19.8. The molecule has 2 saturated heterocycles. The molecule has 5 rings (SSSR count). The second-order valence-electron chi connectivity index (χ2n) is 8.84. The Hall–Kier alpha value is -3.03. The SMILES string of the molecule is Cc1ccccc1-c1cccc(N2CC(N3CCN(C(=O)c4nccs4)CC3)C(C)C2=O)c1. The largest absolute Gasteiger partial charge is 0.334 e. The van der Waals surface area contributed by atoms with E-state index in [-0.39, 0.29) is 23.8 Å². The van der Waals surface area contributed by atoms with Crippen molar-refractivity contribution in [3.05, 3.63) is 70.7 Å². The minimum absolute atomic E-state index is 0.00911. The molecular weight excluding hydrogens is 432 g/mol. The van der Waals surface area contributed by atoms with E-state index in [4.69, 9.17) is 0 Å². The van der Waals surface area contributed by atoms with Gasteiger partial charge in [0.1, 0.15) is 0 Å². The maximum Gasteiger partial charge on any atom is 0.282 e. The van der Waals surface area contributed by atoms with Crippen molar-refractivity contribution in [2.75, 3.05) is 37.6 Å². The molecule has 7 heteroatoms. The maximum absolute atomic E-state index is 13.2. The normalized spacial score (nSPS) is 21.6. The van der Waals surface area contributed by atoms with Crippen molar-refractivity contribution >= 4 is 28.8 Å². The van der Waals surface area contributed by atoms with E-state index in [0.29, 0.717) is 24.6 Å². The molecule has 0 bridgehead atoms. The van der Waals surface area contributed by atoms with Crippen LogP contribution < -0.4 is 4.90 Å². The number of aryl methyl sites for hydroxylation is 1. The third-order valence-corrected chi connectivity index (χ3v) is 7.66.